The lowest BCUT2D eigenvalue weighted by Gasteiger charge is -2.17. The lowest BCUT2D eigenvalue weighted by molar-refractivity contribution is 0.416. The Bertz CT molecular complexity index is 1700. The van der Waals surface area contributed by atoms with Crippen molar-refractivity contribution in [3.8, 4) is 56.0 Å². The van der Waals surface area contributed by atoms with Gasteiger partial charge in [0, 0.05) is 11.1 Å². The van der Waals surface area contributed by atoms with Gasteiger partial charge in [0.1, 0.15) is 11.5 Å². The lowest BCUT2D eigenvalue weighted by atomic mass is 9.98. The van der Waals surface area contributed by atoms with Crippen LogP contribution in [0.3, 0.4) is 0 Å². The van der Waals surface area contributed by atoms with E-state index >= 15 is 0 Å². The first-order valence-electron chi connectivity index (χ1n) is 14.9. The number of hydrogen-bond acceptors (Lipinski definition) is 2. The minimum atomic E-state index is 0.695. The molecule has 2 unspecified atom stereocenters. The van der Waals surface area contributed by atoms with Crippen molar-refractivity contribution in [3.63, 3.8) is 0 Å². The van der Waals surface area contributed by atoms with E-state index in [1.54, 1.807) is 14.2 Å². The van der Waals surface area contributed by atoms with E-state index in [0.29, 0.717) is 17.2 Å². The summed E-state index contributed by atoms with van der Waals surface area (Å²) in [7, 11) is 4.90. The minimum absolute atomic E-state index is 0.695. The summed E-state index contributed by atoms with van der Waals surface area (Å²) in [6.45, 7) is 0. The van der Waals surface area contributed by atoms with Crippen LogP contribution >= 0.6 is 17.2 Å². The standard InChI is InChI=1S/C40H36O2P2/c1-41-37-19-11-9-17-33(37)35-27-31(29-13-5-3-6-14-29)21-23-39(35)43-25-26-44-40-24-22-32(30-15-7-4-8-16-30)28-36(40)34-18-10-12-20-38(34)42-2/h3-24,27-28,43-44H,25-26H2,1-2H3. The molecule has 6 aromatic carbocycles. The van der Waals surface area contributed by atoms with Gasteiger partial charge in [-0.3, -0.25) is 0 Å². The second-order valence-electron chi connectivity index (χ2n) is 10.5. The predicted octanol–water partition coefficient (Wildman–Crippen LogP) is 9.68. The summed E-state index contributed by atoms with van der Waals surface area (Å²) in [5, 5.41) is 2.76. The zero-order valence-corrected chi connectivity index (χ0v) is 27.1. The zero-order chi connectivity index (χ0) is 30.1. The highest BCUT2D eigenvalue weighted by atomic mass is 31.1. The molecular formula is C40H36O2P2. The van der Waals surface area contributed by atoms with E-state index in [0.717, 1.165) is 34.9 Å². The Morgan fingerprint density at radius 1 is 0.386 bits per heavy atom. The van der Waals surface area contributed by atoms with E-state index in [-0.39, 0.29) is 0 Å². The Morgan fingerprint density at radius 2 is 0.773 bits per heavy atom. The molecule has 0 heterocycles. The van der Waals surface area contributed by atoms with Gasteiger partial charge >= 0.3 is 0 Å². The summed E-state index contributed by atoms with van der Waals surface area (Å²) in [5.74, 6) is 1.82. The molecule has 0 aliphatic rings. The summed E-state index contributed by atoms with van der Waals surface area (Å²) in [4.78, 5) is 0. The first-order valence-corrected chi connectivity index (χ1v) is 17.3. The number of benzene rings is 6. The highest BCUT2D eigenvalue weighted by Crippen LogP contribution is 2.37. The molecule has 44 heavy (non-hydrogen) atoms. The summed E-state index contributed by atoms with van der Waals surface area (Å²) in [6, 6.07) is 51.8. The highest BCUT2D eigenvalue weighted by Gasteiger charge is 2.14. The van der Waals surface area contributed by atoms with Gasteiger partial charge < -0.3 is 9.47 Å². The van der Waals surface area contributed by atoms with Crippen LogP contribution in [0, 0.1) is 0 Å². The first kappa shape index (κ1) is 29.8. The lowest BCUT2D eigenvalue weighted by Crippen LogP contribution is -2.06. The van der Waals surface area contributed by atoms with Crippen LogP contribution in [0.2, 0.25) is 0 Å². The molecule has 0 radical (unpaired) electrons. The van der Waals surface area contributed by atoms with Crippen molar-refractivity contribution in [1.82, 2.24) is 0 Å². The van der Waals surface area contributed by atoms with Crippen LogP contribution in [0.4, 0.5) is 0 Å². The Balaban J connectivity index is 1.27. The van der Waals surface area contributed by atoms with Gasteiger partial charge in [-0.25, -0.2) is 0 Å². The molecule has 218 valence electrons. The van der Waals surface area contributed by atoms with Crippen molar-refractivity contribution >= 4 is 27.8 Å². The van der Waals surface area contributed by atoms with Gasteiger partial charge in [0.15, 0.2) is 0 Å². The quantitative estimate of drug-likeness (QED) is 0.107. The third kappa shape index (κ3) is 6.79. The fraction of sp³-hybridized carbons (Fsp3) is 0.100. The summed E-state index contributed by atoms with van der Waals surface area (Å²) in [6.07, 6.45) is 2.24. The van der Waals surface area contributed by atoms with E-state index in [1.165, 1.54) is 44.0 Å². The molecule has 0 bridgehead atoms. The Morgan fingerprint density at radius 3 is 1.18 bits per heavy atom. The summed E-state index contributed by atoms with van der Waals surface area (Å²) >= 11 is 0. The maximum absolute atomic E-state index is 5.79. The van der Waals surface area contributed by atoms with E-state index in [1.807, 2.05) is 12.1 Å². The second-order valence-corrected chi connectivity index (χ2v) is 13.3. The molecule has 0 amide bonds. The van der Waals surface area contributed by atoms with Gasteiger partial charge in [-0.2, -0.15) is 0 Å². The van der Waals surface area contributed by atoms with Crippen LogP contribution in [-0.2, 0) is 0 Å². The van der Waals surface area contributed by atoms with Crippen LogP contribution in [0.1, 0.15) is 0 Å². The summed E-state index contributed by atoms with van der Waals surface area (Å²) < 4.78 is 11.6. The molecular weight excluding hydrogens is 574 g/mol. The van der Waals surface area contributed by atoms with Crippen LogP contribution in [-0.4, -0.2) is 26.5 Å². The molecule has 0 aromatic heterocycles. The van der Waals surface area contributed by atoms with Gasteiger partial charge in [-0.15, -0.1) is 0 Å². The SMILES string of the molecule is COc1ccccc1-c1cc(-c2ccccc2)ccc1PCCPc1ccc(-c2ccccc2)cc1-c1ccccc1OC. The third-order valence-corrected chi connectivity index (χ3v) is 10.9. The van der Waals surface area contributed by atoms with Crippen molar-refractivity contribution in [2.45, 2.75) is 0 Å². The molecule has 0 N–H and O–H groups in total. The monoisotopic (exact) mass is 610 g/mol. The second kappa shape index (κ2) is 14.5. The van der Waals surface area contributed by atoms with Crippen molar-refractivity contribution in [1.29, 1.82) is 0 Å². The van der Waals surface area contributed by atoms with E-state index in [2.05, 4.69) is 133 Å². The van der Waals surface area contributed by atoms with E-state index in [4.69, 9.17) is 9.47 Å². The van der Waals surface area contributed by atoms with Crippen molar-refractivity contribution in [3.05, 3.63) is 146 Å². The molecule has 0 fully saturated rings. The van der Waals surface area contributed by atoms with Crippen molar-refractivity contribution < 1.29 is 9.47 Å². The molecule has 0 spiro atoms. The van der Waals surface area contributed by atoms with Crippen molar-refractivity contribution in [2.75, 3.05) is 26.5 Å². The zero-order valence-electron chi connectivity index (χ0n) is 25.1. The molecule has 6 aromatic rings. The maximum atomic E-state index is 5.79. The molecule has 0 saturated carbocycles. The van der Waals surface area contributed by atoms with Crippen LogP contribution in [0.25, 0.3) is 44.5 Å². The number of methoxy groups -OCH3 is 2. The van der Waals surface area contributed by atoms with Gasteiger partial charge in [0.25, 0.3) is 0 Å². The largest absolute Gasteiger partial charge is 0.496 e. The molecule has 6 rings (SSSR count). The van der Waals surface area contributed by atoms with Crippen molar-refractivity contribution in [2.24, 2.45) is 0 Å². The summed E-state index contributed by atoms with van der Waals surface area (Å²) in [5.41, 5.74) is 9.70. The van der Waals surface area contributed by atoms with Gasteiger partial charge in [0.2, 0.25) is 0 Å². The number of para-hydroxylation sites is 2. The molecule has 0 aliphatic heterocycles. The third-order valence-electron chi connectivity index (χ3n) is 7.80. The number of rotatable bonds is 11. The fourth-order valence-corrected chi connectivity index (χ4v) is 8.33. The molecule has 4 heteroatoms. The molecule has 0 saturated heterocycles. The van der Waals surface area contributed by atoms with Gasteiger partial charge in [-0.1, -0.05) is 138 Å². The molecule has 2 atom stereocenters. The number of ether oxygens (including phenoxy) is 2. The molecule has 0 aliphatic carbocycles. The minimum Gasteiger partial charge on any atom is -0.496 e. The number of hydrogen-bond donors (Lipinski definition) is 0. The highest BCUT2D eigenvalue weighted by molar-refractivity contribution is 7.51. The normalized spacial score (nSPS) is 11.4. The van der Waals surface area contributed by atoms with Crippen LogP contribution < -0.4 is 20.1 Å². The average Bonchev–Trinajstić information content (AvgIpc) is 3.11. The van der Waals surface area contributed by atoms with Gasteiger partial charge in [-0.05, 0) is 80.6 Å². The Labute approximate surface area is 264 Å². The Hall–Kier alpha value is -4.22. The fourth-order valence-electron chi connectivity index (χ4n) is 5.59. The Kier molecular flexibility index (Phi) is 9.83. The topological polar surface area (TPSA) is 18.5 Å². The predicted molar refractivity (Wildman–Crippen MR) is 193 cm³/mol. The first-order chi connectivity index (χ1) is 21.7. The van der Waals surface area contributed by atoms with Crippen LogP contribution in [0.5, 0.6) is 11.5 Å². The van der Waals surface area contributed by atoms with E-state index < -0.39 is 0 Å². The smallest absolute Gasteiger partial charge is 0.126 e. The molecule has 2 nitrogen and oxygen atoms in total. The average molecular weight is 611 g/mol. The van der Waals surface area contributed by atoms with Gasteiger partial charge in [0.05, 0.1) is 14.2 Å². The maximum Gasteiger partial charge on any atom is 0.126 e. The van der Waals surface area contributed by atoms with E-state index in [9.17, 15) is 0 Å². The van der Waals surface area contributed by atoms with Crippen LogP contribution in [0.15, 0.2) is 146 Å².